The van der Waals surface area contributed by atoms with E-state index >= 15 is 0 Å². The van der Waals surface area contributed by atoms with Crippen LogP contribution in [0.4, 0.5) is 11.4 Å². The quantitative estimate of drug-likeness (QED) is 0.641. The fraction of sp³-hybridized carbons (Fsp3) is 0.417. The standard InChI is InChI=1S/C12H16N2O4/c1-8(2)13(7-12(15)16)11-5-4-10(14(17)18)6-9(11)3/h4-6,8H,7H2,1-3H3,(H,15,16). The normalized spacial score (nSPS) is 10.4. The van der Waals surface area contributed by atoms with Crippen LogP contribution in [0.15, 0.2) is 18.2 Å². The minimum absolute atomic E-state index is 0.00116. The van der Waals surface area contributed by atoms with Gasteiger partial charge in [0.15, 0.2) is 0 Å². The average Bonchev–Trinajstić information content (AvgIpc) is 2.25. The van der Waals surface area contributed by atoms with E-state index < -0.39 is 10.9 Å². The minimum atomic E-state index is -0.929. The monoisotopic (exact) mass is 252 g/mol. The van der Waals surface area contributed by atoms with Gasteiger partial charge < -0.3 is 10.0 Å². The Balaban J connectivity index is 3.13. The van der Waals surface area contributed by atoms with Gasteiger partial charge in [0.25, 0.3) is 5.69 Å². The summed E-state index contributed by atoms with van der Waals surface area (Å²) in [5, 5.41) is 19.5. The molecule has 1 aromatic rings. The lowest BCUT2D eigenvalue weighted by Gasteiger charge is -2.28. The summed E-state index contributed by atoms with van der Waals surface area (Å²) in [4.78, 5) is 22.7. The van der Waals surface area contributed by atoms with Gasteiger partial charge in [0.2, 0.25) is 0 Å². The SMILES string of the molecule is Cc1cc([N+](=O)[O-])ccc1N(CC(=O)O)C(C)C. The first-order chi connectivity index (χ1) is 8.32. The second-order valence-corrected chi connectivity index (χ2v) is 4.34. The molecule has 0 fully saturated rings. The highest BCUT2D eigenvalue weighted by atomic mass is 16.6. The lowest BCUT2D eigenvalue weighted by molar-refractivity contribution is -0.384. The Kier molecular flexibility index (Phi) is 4.25. The average molecular weight is 252 g/mol. The Labute approximate surface area is 105 Å². The number of carbonyl (C=O) groups is 1. The first kappa shape index (κ1) is 14.0. The van der Waals surface area contributed by atoms with E-state index in [1.165, 1.54) is 12.1 Å². The van der Waals surface area contributed by atoms with Gasteiger partial charge >= 0.3 is 5.97 Å². The highest BCUT2D eigenvalue weighted by Gasteiger charge is 2.18. The number of benzene rings is 1. The van der Waals surface area contributed by atoms with Crippen LogP contribution >= 0.6 is 0 Å². The number of aryl methyl sites for hydroxylation is 1. The van der Waals surface area contributed by atoms with Crippen molar-refractivity contribution in [1.29, 1.82) is 0 Å². The fourth-order valence-corrected chi connectivity index (χ4v) is 1.77. The Bertz CT molecular complexity index is 471. The number of anilines is 1. The zero-order valence-corrected chi connectivity index (χ0v) is 10.6. The van der Waals surface area contributed by atoms with Crippen molar-refractivity contribution in [3.05, 3.63) is 33.9 Å². The van der Waals surface area contributed by atoms with Crippen LogP contribution in [0.25, 0.3) is 0 Å². The predicted octanol–water partition coefficient (Wildman–Crippen LogP) is 2.20. The summed E-state index contributed by atoms with van der Waals surface area (Å²) in [6.45, 7) is 5.36. The van der Waals surface area contributed by atoms with E-state index in [-0.39, 0.29) is 18.3 Å². The number of aliphatic carboxylic acids is 1. The molecular formula is C12H16N2O4. The van der Waals surface area contributed by atoms with Crippen molar-refractivity contribution in [3.8, 4) is 0 Å². The van der Waals surface area contributed by atoms with Gasteiger partial charge in [-0.15, -0.1) is 0 Å². The van der Waals surface area contributed by atoms with E-state index in [0.717, 1.165) is 0 Å². The molecular weight excluding hydrogens is 236 g/mol. The van der Waals surface area contributed by atoms with E-state index in [2.05, 4.69) is 0 Å². The second-order valence-electron chi connectivity index (χ2n) is 4.34. The summed E-state index contributed by atoms with van der Waals surface area (Å²) in [7, 11) is 0. The number of hydrogen-bond acceptors (Lipinski definition) is 4. The van der Waals surface area contributed by atoms with Gasteiger partial charge in [-0.2, -0.15) is 0 Å². The summed E-state index contributed by atoms with van der Waals surface area (Å²) in [5.41, 5.74) is 1.41. The molecule has 0 heterocycles. The van der Waals surface area contributed by atoms with Crippen molar-refractivity contribution >= 4 is 17.3 Å². The summed E-state index contributed by atoms with van der Waals surface area (Å²) >= 11 is 0. The van der Waals surface area contributed by atoms with Crippen molar-refractivity contribution < 1.29 is 14.8 Å². The molecule has 1 aromatic carbocycles. The molecule has 6 heteroatoms. The zero-order valence-electron chi connectivity index (χ0n) is 10.6. The van der Waals surface area contributed by atoms with Crippen LogP contribution in [0.2, 0.25) is 0 Å². The number of nitro benzene ring substituents is 1. The number of non-ortho nitro benzene ring substituents is 1. The summed E-state index contributed by atoms with van der Waals surface area (Å²) in [6, 6.07) is 4.43. The molecule has 0 radical (unpaired) electrons. The molecule has 1 rings (SSSR count). The molecule has 0 aromatic heterocycles. The molecule has 0 aliphatic heterocycles. The van der Waals surface area contributed by atoms with Gasteiger partial charge in [0, 0.05) is 23.9 Å². The van der Waals surface area contributed by atoms with Crippen molar-refractivity contribution in [1.82, 2.24) is 0 Å². The largest absolute Gasteiger partial charge is 0.480 e. The van der Waals surface area contributed by atoms with E-state index in [4.69, 9.17) is 5.11 Å². The first-order valence-corrected chi connectivity index (χ1v) is 5.56. The Hall–Kier alpha value is -2.11. The van der Waals surface area contributed by atoms with Crippen molar-refractivity contribution in [2.45, 2.75) is 26.8 Å². The third-order valence-corrected chi connectivity index (χ3v) is 2.63. The van der Waals surface area contributed by atoms with Crippen LogP contribution in [-0.2, 0) is 4.79 Å². The number of carboxylic acid groups (broad SMARTS) is 1. The molecule has 0 spiro atoms. The number of nitrogens with zero attached hydrogens (tertiary/aromatic N) is 2. The van der Waals surface area contributed by atoms with Crippen molar-refractivity contribution in [2.24, 2.45) is 0 Å². The van der Waals surface area contributed by atoms with Crippen molar-refractivity contribution in [3.63, 3.8) is 0 Å². The van der Waals surface area contributed by atoms with Gasteiger partial charge in [0.1, 0.15) is 6.54 Å². The molecule has 98 valence electrons. The van der Waals surface area contributed by atoms with Gasteiger partial charge in [-0.3, -0.25) is 14.9 Å². The fourth-order valence-electron chi connectivity index (χ4n) is 1.77. The summed E-state index contributed by atoms with van der Waals surface area (Å²) in [6.07, 6.45) is 0. The van der Waals surface area contributed by atoms with Gasteiger partial charge in [-0.05, 0) is 32.4 Å². The zero-order chi connectivity index (χ0) is 13.9. The second kappa shape index (κ2) is 5.48. The van der Waals surface area contributed by atoms with Gasteiger partial charge in [-0.1, -0.05) is 0 Å². The maximum Gasteiger partial charge on any atom is 0.323 e. The molecule has 0 unspecified atom stereocenters. The van der Waals surface area contributed by atoms with Crippen LogP contribution in [0.3, 0.4) is 0 Å². The van der Waals surface area contributed by atoms with E-state index in [9.17, 15) is 14.9 Å². The van der Waals surface area contributed by atoms with Crippen LogP contribution < -0.4 is 4.90 Å². The summed E-state index contributed by atoms with van der Waals surface area (Å²) in [5.74, 6) is -0.929. The molecule has 0 bridgehead atoms. The van der Waals surface area contributed by atoms with Gasteiger partial charge in [0.05, 0.1) is 4.92 Å². The number of hydrogen-bond donors (Lipinski definition) is 1. The van der Waals surface area contributed by atoms with Crippen LogP contribution in [-0.4, -0.2) is 28.6 Å². The van der Waals surface area contributed by atoms with Gasteiger partial charge in [-0.25, -0.2) is 0 Å². The van der Waals surface area contributed by atoms with E-state index in [1.807, 2.05) is 13.8 Å². The smallest absolute Gasteiger partial charge is 0.323 e. The summed E-state index contributed by atoms with van der Waals surface area (Å²) < 4.78 is 0. The highest BCUT2D eigenvalue weighted by molar-refractivity contribution is 5.75. The lowest BCUT2D eigenvalue weighted by atomic mass is 10.1. The minimum Gasteiger partial charge on any atom is -0.480 e. The number of rotatable bonds is 5. The Morgan fingerprint density at radius 1 is 1.50 bits per heavy atom. The molecule has 0 saturated carbocycles. The third-order valence-electron chi connectivity index (χ3n) is 2.63. The molecule has 1 N–H and O–H groups in total. The molecule has 0 atom stereocenters. The molecule has 0 saturated heterocycles. The number of carboxylic acids is 1. The topological polar surface area (TPSA) is 83.7 Å². The highest BCUT2D eigenvalue weighted by Crippen LogP contribution is 2.26. The van der Waals surface area contributed by atoms with Crippen LogP contribution in [0.5, 0.6) is 0 Å². The molecule has 18 heavy (non-hydrogen) atoms. The Morgan fingerprint density at radius 3 is 2.50 bits per heavy atom. The lowest BCUT2D eigenvalue weighted by Crippen LogP contribution is -2.36. The third kappa shape index (κ3) is 3.19. The van der Waals surface area contributed by atoms with Crippen LogP contribution in [0.1, 0.15) is 19.4 Å². The molecule has 6 nitrogen and oxygen atoms in total. The van der Waals surface area contributed by atoms with Crippen LogP contribution in [0, 0.1) is 17.0 Å². The predicted molar refractivity (Wildman–Crippen MR) is 68.0 cm³/mol. The number of nitro groups is 1. The maximum atomic E-state index is 10.8. The molecule has 0 aliphatic rings. The maximum absolute atomic E-state index is 10.8. The van der Waals surface area contributed by atoms with Crippen molar-refractivity contribution in [2.75, 3.05) is 11.4 Å². The van der Waals surface area contributed by atoms with E-state index in [0.29, 0.717) is 11.3 Å². The molecule has 0 amide bonds. The Morgan fingerprint density at radius 2 is 2.11 bits per heavy atom. The first-order valence-electron chi connectivity index (χ1n) is 5.56. The molecule has 0 aliphatic carbocycles. The van der Waals surface area contributed by atoms with E-state index in [1.54, 1.807) is 17.9 Å².